The molecule has 2 aliphatic rings. The Hall–Kier alpha value is -6.63. The molecule has 4 aromatic carbocycles. The van der Waals surface area contributed by atoms with Gasteiger partial charge in [0.2, 0.25) is 0 Å². The molecule has 0 aliphatic carbocycles. The lowest BCUT2D eigenvalue weighted by atomic mass is 9.71. The summed E-state index contributed by atoms with van der Waals surface area (Å²) >= 11 is 13.2. The summed E-state index contributed by atoms with van der Waals surface area (Å²) in [5.41, 5.74) is 10.2. The van der Waals surface area contributed by atoms with Crippen LogP contribution in [-0.4, -0.2) is 112 Å². The van der Waals surface area contributed by atoms with Gasteiger partial charge in [-0.2, -0.15) is 0 Å². The molecule has 6 atom stereocenters. The van der Waals surface area contributed by atoms with Gasteiger partial charge in [0, 0.05) is 133 Å². The Morgan fingerprint density at radius 2 is 0.931 bits per heavy atom. The monoisotopic (exact) mass is 996 g/mol. The standard InChI is InChI=1S/C59H62Cl2N10O/c1-3-39(35-62)51(43-15-19-45(60)20-16-43)55(70-31-27-68(28-32-70)53-47-23-25-64-58(47)66-37-49(53)41-11-7-5-8-12-41)57(72)56(52(40(4-2)36-63)44-17-21-46(61)22-18-44)71-33-29-69(30-34-71)54-48-24-26-65-59(48)67-38-50(54)42-13-9-6-10-14-42/h5-26,35-40,51-52,55-56,62-63H,3-4,27-34H2,1-2H3,(H,64,66)(H,65,67)/t39-,40-,51?,52?,55?,56?/m1/s1. The van der Waals surface area contributed by atoms with Gasteiger partial charge in [-0.05, 0) is 83.9 Å². The molecule has 0 radical (unpaired) electrons. The number of nitrogens with one attached hydrogen (secondary N) is 4. The van der Waals surface area contributed by atoms with E-state index in [4.69, 9.17) is 44.0 Å². The number of ketones is 1. The molecule has 368 valence electrons. The minimum Gasteiger partial charge on any atom is -0.368 e. The number of fused-ring (bicyclic) bond motifs is 2. The number of aromatic nitrogens is 4. The van der Waals surface area contributed by atoms with Crippen molar-refractivity contribution in [2.75, 3.05) is 62.2 Å². The molecule has 2 fully saturated rings. The number of benzene rings is 4. The third-order valence-electron chi connectivity index (χ3n) is 15.4. The lowest BCUT2D eigenvalue weighted by Crippen LogP contribution is -2.63. The van der Waals surface area contributed by atoms with Crippen molar-refractivity contribution in [3.8, 4) is 22.3 Å². The fraction of sp³-hybridized carbons (Fsp3) is 0.305. The number of anilines is 2. The van der Waals surface area contributed by atoms with Crippen LogP contribution in [0.3, 0.4) is 0 Å². The lowest BCUT2D eigenvalue weighted by molar-refractivity contribution is -0.132. The molecule has 4 N–H and O–H groups in total. The molecule has 0 amide bonds. The van der Waals surface area contributed by atoms with Crippen LogP contribution in [0.25, 0.3) is 44.3 Å². The number of nitrogens with zero attached hydrogens (tertiary/aromatic N) is 6. The summed E-state index contributed by atoms with van der Waals surface area (Å²) in [6.07, 6.45) is 12.3. The van der Waals surface area contributed by atoms with Gasteiger partial charge in [-0.25, -0.2) is 9.97 Å². The number of rotatable bonds is 18. The molecule has 11 nitrogen and oxygen atoms in total. The maximum absolute atomic E-state index is 17.0. The Morgan fingerprint density at radius 1 is 0.556 bits per heavy atom. The predicted molar refractivity (Wildman–Crippen MR) is 297 cm³/mol. The Labute approximate surface area is 432 Å². The zero-order valence-corrected chi connectivity index (χ0v) is 42.4. The van der Waals surface area contributed by atoms with Crippen LogP contribution >= 0.6 is 23.2 Å². The summed E-state index contributed by atoms with van der Waals surface area (Å²) in [7, 11) is 0. The second kappa shape index (κ2) is 22.0. The predicted octanol–water partition coefficient (Wildman–Crippen LogP) is 12.2. The SMILES string of the molecule is CC[C@H](C=N)C(c1ccc(Cl)cc1)C(C(=O)C(C(c1ccc(Cl)cc1)[C@@H](C=N)CC)N1CCN(c2c(-c3ccccc3)cnc3[nH]ccc23)CC1)N1CCN(c2c(-c3ccccc3)cnc3[nH]ccc23)CC1. The Morgan fingerprint density at radius 3 is 1.28 bits per heavy atom. The highest BCUT2D eigenvalue weighted by atomic mass is 35.5. The number of piperazine rings is 2. The number of pyridine rings is 2. The number of H-pyrrole nitrogens is 2. The summed E-state index contributed by atoms with van der Waals surface area (Å²) in [6, 6.07) is 39.7. The van der Waals surface area contributed by atoms with Crippen molar-refractivity contribution in [1.29, 1.82) is 10.8 Å². The maximum Gasteiger partial charge on any atom is 0.168 e. The van der Waals surface area contributed by atoms with Gasteiger partial charge >= 0.3 is 0 Å². The molecule has 8 aromatic rings. The van der Waals surface area contributed by atoms with E-state index in [0.717, 1.165) is 66.8 Å². The molecule has 2 aliphatic heterocycles. The Kier molecular flexibility index (Phi) is 15.0. The van der Waals surface area contributed by atoms with E-state index in [1.165, 1.54) is 0 Å². The largest absolute Gasteiger partial charge is 0.368 e. The van der Waals surface area contributed by atoms with E-state index in [0.29, 0.717) is 75.2 Å². The number of halogens is 2. The van der Waals surface area contributed by atoms with Gasteiger partial charge in [-0.3, -0.25) is 14.6 Å². The molecule has 72 heavy (non-hydrogen) atoms. The minimum atomic E-state index is -0.622. The van der Waals surface area contributed by atoms with Crippen LogP contribution < -0.4 is 9.80 Å². The highest BCUT2D eigenvalue weighted by Gasteiger charge is 2.48. The number of hydrogen-bond acceptors (Lipinski definition) is 9. The number of hydrogen-bond donors (Lipinski definition) is 4. The van der Waals surface area contributed by atoms with E-state index in [2.05, 4.69) is 128 Å². The average Bonchev–Trinajstić information content (AvgIpc) is 4.13. The zero-order valence-electron chi connectivity index (χ0n) is 40.9. The number of carbonyl (C=O) groups is 1. The third kappa shape index (κ3) is 9.71. The van der Waals surface area contributed by atoms with Crippen molar-refractivity contribution in [3.63, 3.8) is 0 Å². The van der Waals surface area contributed by atoms with Gasteiger partial charge in [-0.1, -0.05) is 122 Å². The van der Waals surface area contributed by atoms with E-state index in [1.54, 1.807) is 12.4 Å². The number of carbonyl (C=O) groups excluding carboxylic acids is 1. The topological polar surface area (TPSA) is 135 Å². The summed E-state index contributed by atoms with van der Waals surface area (Å²) in [5.74, 6) is -1.09. The highest BCUT2D eigenvalue weighted by Crippen LogP contribution is 2.43. The highest BCUT2D eigenvalue weighted by molar-refractivity contribution is 6.30. The van der Waals surface area contributed by atoms with Crippen LogP contribution in [0.5, 0.6) is 0 Å². The summed E-state index contributed by atoms with van der Waals surface area (Å²) in [5, 5.41) is 21.3. The van der Waals surface area contributed by atoms with E-state index >= 15 is 4.79 Å². The molecule has 0 bridgehead atoms. The number of Topliss-reactive ketones (excluding diaryl/α,β-unsaturated/α-hetero) is 1. The molecule has 6 heterocycles. The molecule has 4 aromatic heterocycles. The van der Waals surface area contributed by atoms with Gasteiger partial charge in [0.15, 0.2) is 5.78 Å². The summed E-state index contributed by atoms with van der Waals surface area (Å²) < 4.78 is 0. The van der Waals surface area contributed by atoms with Crippen LogP contribution in [0.1, 0.15) is 49.7 Å². The second-order valence-electron chi connectivity index (χ2n) is 19.2. The minimum absolute atomic E-state index is 0.112. The van der Waals surface area contributed by atoms with Crippen LogP contribution in [0.4, 0.5) is 11.4 Å². The van der Waals surface area contributed by atoms with Crippen LogP contribution in [-0.2, 0) is 4.79 Å². The quantitative estimate of drug-likeness (QED) is 0.0629. The molecule has 2 saturated heterocycles. The lowest BCUT2D eigenvalue weighted by Gasteiger charge is -2.49. The average molecular weight is 998 g/mol. The van der Waals surface area contributed by atoms with Gasteiger partial charge < -0.3 is 30.6 Å². The summed E-state index contributed by atoms with van der Waals surface area (Å²) in [4.78, 5) is 43.1. The fourth-order valence-corrected chi connectivity index (χ4v) is 12.0. The molecule has 10 rings (SSSR count). The smallest absolute Gasteiger partial charge is 0.168 e. The van der Waals surface area contributed by atoms with Crippen molar-refractivity contribution in [1.82, 2.24) is 29.7 Å². The normalized spacial score (nSPS) is 17.3. The molecular formula is C59H62Cl2N10O. The van der Waals surface area contributed by atoms with Crippen LogP contribution in [0.2, 0.25) is 10.0 Å². The van der Waals surface area contributed by atoms with Crippen molar-refractivity contribution >= 4 is 74.9 Å². The van der Waals surface area contributed by atoms with E-state index in [1.807, 2.05) is 61.2 Å². The molecule has 0 saturated carbocycles. The Balaban J connectivity index is 1.07. The fourth-order valence-electron chi connectivity index (χ4n) is 11.8. The van der Waals surface area contributed by atoms with Crippen molar-refractivity contribution < 1.29 is 4.79 Å². The molecule has 13 heteroatoms. The van der Waals surface area contributed by atoms with Gasteiger partial charge in [-0.15, -0.1) is 0 Å². The van der Waals surface area contributed by atoms with E-state index in [9.17, 15) is 0 Å². The third-order valence-corrected chi connectivity index (χ3v) is 15.9. The first-order chi connectivity index (χ1) is 35.3. The zero-order chi connectivity index (χ0) is 49.7. The number of aromatic amines is 2. The Bertz CT molecular complexity index is 2900. The van der Waals surface area contributed by atoms with Crippen LogP contribution in [0.15, 0.2) is 146 Å². The first-order valence-electron chi connectivity index (χ1n) is 25.4. The van der Waals surface area contributed by atoms with E-state index < -0.39 is 12.1 Å². The van der Waals surface area contributed by atoms with Gasteiger partial charge in [0.05, 0.1) is 23.5 Å². The molecular weight excluding hydrogens is 936 g/mol. The van der Waals surface area contributed by atoms with Crippen molar-refractivity contribution in [2.45, 2.75) is 50.6 Å². The first-order valence-corrected chi connectivity index (χ1v) is 26.1. The first kappa shape index (κ1) is 49.0. The van der Waals surface area contributed by atoms with Crippen molar-refractivity contribution in [2.24, 2.45) is 11.8 Å². The van der Waals surface area contributed by atoms with Gasteiger partial charge in [0.1, 0.15) is 11.3 Å². The van der Waals surface area contributed by atoms with Crippen LogP contribution in [0, 0.1) is 22.7 Å². The summed E-state index contributed by atoms with van der Waals surface area (Å²) in [6.45, 7) is 9.39. The van der Waals surface area contributed by atoms with Crippen molar-refractivity contribution in [3.05, 3.63) is 167 Å². The van der Waals surface area contributed by atoms with Gasteiger partial charge in [0.25, 0.3) is 0 Å². The van der Waals surface area contributed by atoms with E-state index in [-0.39, 0.29) is 29.5 Å². The maximum atomic E-state index is 17.0. The molecule has 4 unspecified atom stereocenters. The molecule has 0 spiro atoms. The second-order valence-corrected chi connectivity index (χ2v) is 20.1.